The monoisotopic (exact) mass is 262 g/mol. The number of halogens is 3. The van der Waals surface area contributed by atoms with Gasteiger partial charge in [-0.2, -0.15) is 13.2 Å². The van der Waals surface area contributed by atoms with Crippen LogP contribution in [0.25, 0.3) is 0 Å². The van der Waals surface area contributed by atoms with Crippen molar-refractivity contribution in [3.8, 4) is 0 Å². The fourth-order valence-electron chi connectivity index (χ4n) is 1.72. The van der Waals surface area contributed by atoms with Crippen molar-refractivity contribution in [3.63, 3.8) is 0 Å². The number of aromatic nitrogens is 2. The molecule has 0 bridgehead atoms. The van der Waals surface area contributed by atoms with Gasteiger partial charge in [-0.25, -0.2) is 0 Å². The Hall–Kier alpha value is -1.41. The molecule has 0 spiro atoms. The van der Waals surface area contributed by atoms with Gasteiger partial charge in [0.1, 0.15) is 0 Å². The molecule has 1 aromatic rings. The second-order valence-corrected chi connectivity index (χ2v) is 3.95. The molecule has 1 aliphatic rings. The molecular formula is C10H13F3N4O. The van der Waals surface area contributed by atoms with Crippen LogP contribution in [-0.4, -0.2) is 42.5 Å². The van der Waals surface area contributed by atoms with Crippen molar-refractivity contribution in [2.45, 2.75) is 12.3 Å². The van der Waals surface area contributed by atoms with E-state index in [1.54, 1.807) is 0 Å². The largest absolute Gasteiger partial charge is 0.435 e. The Morgan fingerprint density at radius 2 is 2.17 bits per heavy atom. The molecule has 0 saturated carbocycles. The van der Waals surface area contributed by atoms with Crippen LogP contribution in [0.5, 0.6) is 0 Å². The maximum Gasteiger partial charge on any atom is 0.435 e. The smallest absolute Gasteiger partial charge is 0.373 e. The van der Waals surface area contributed by atoms with Crippen LogP contribution in [0.2, 0.25) is 0 Å². The van der Waals surface area contributed by atoms with Gasteiger partial charge in [-0.15, -0.1) is 10.2 Å². The van der Waals surface area contributed by atoms with E-state index in [1.807, 2.05) is 4.90 Å². The third kappa shape index (κ3) is 2.88. The molecule has 1 aromatic heterocycles. The van der Waals surface area contributed by atoms with Crippen molar-refractivity contribution >= 4 is 5.82 Å². The minimum absolute atomic E-state index is 0.122. The van der Waals surface area contributed by atoms with Crippen molar-refractivity contribution in [1.82, 2.24) is 10.2 Å². The van der Waals surface area contributed by atoms with Gasteiger partial charge in [0.25, 0.3) is 0 Å². The van der Waals surface area contributed by atoms with Crippen LogP contribution in [0.1, 0.15) is 5.69 Å². The maximum absolute atomic E-state index is 12.3. The molecule has 1 atom stereocenters. The highest BCUT2D eigenvalue weighted by Gasteiger charge is 2.33. The number of nitrogens with two attached hydrogens (primary N) is 1. The standard InChI is InChI=1S/C10H13F3N4O/c11-10(12,13)8-1-2-9(16-15-8)17-3-4-18-7(5-14)6-17/h1-2,7H,3-6,14H2. The van der Waals surface area contributed by atoms with E-state index in [2.05, 4.69) is 10.2 Å². The molecule has 5 nitrogen and oxygen atoms in total. The number of anilines is 1. The molecule has 1 aliphatic heterocycles. The van der Waals surface area contributed by atoms with E-state index in [4.69, 9.17) is 10.5 Å². The first-order valence-electron chi connectivity index (χ1n) is 5.48. The van der Waals surface area contributed by atoms with Crippen LogP contribution in [0.15, 0.2) is 12.1 Å². The summed E-state index contributed by atoms with van der Waals surface area (Å²) < 4.78 is 42.3. The van der Waals surface area contributed by atoms with Crippen LogP contribution < -0.4 is 10.6 Å². The lowest BCUT2D eigenvalue weighted by molar-refractivity contribution is -0.141. The number of alkyl halides is 3. The first-order valence-corrected chi connectivity index (χ1v) is 5.48. The number of rotatable bonds is 2. The van der Waals surface area contributed by atoms with Crippen molar-refractivity contribution in [2.75, 3.05) is 31.1 Å². The lowest BCUT2D eigenvalue weighted by Gasteiger charge is -2.32. The Bertz CT molecular complexity index is 395. The third-order valence-corrected chi connectivity index (χ3v) is 2.67. The lowest BCUT2D eigenvalue weighted by Crippen LogP contribution is -2.46. The number of morpholine rings is 1. The van der Waals surface area contributed by atoms with Crippen LogP contribution in [0, 0.1) is 0 Å². The normalized spacial score (nSPS) is 21.1. The van der Waals surface area contributed by atoms with Gasteiger partial charge in [0.15, 0.2) is 11.5 Å². The first-order chi connectivity index (χ1) is 8.50. The summed E-state index contributed by atoms with van der Waals surface area (Å²) in [5, 5.41) is 6.78. The van der Waals surface area contributed by atoms with Gasteiger partial charge in [-0.3, -0.25) is 0 Å². The van der Waals surface area contributed by atoms with E-state index in [-0.39, 0.29) is 6.10 Å². The first kappa shape index (κ1) is 13.0. The Balaban J connectivity index is 2.09. The zero-order valence-corrected chi connectivity index (χ0v) is 9.52. The topological polar surface area (TPSA) is 64.3 Å². The van der Waals surface area contributed by atoms with Crippen molar-refractivity contribution in [3.05, 3.63) is 17.8 Å². The maximum atomic E-state index is 12.3. The number of hydrogen-bond donors (Lipinski definition) is 1. The zero-order chi connectivity index (χ0) is 13.2. The Kier molecular flexibility index (Phi) is 3.67. The Morgan fingerprint density at radius 1 is 1.39 bits per heavy atom. The lowest BCUT2D eigenvalue weighted by atomic mass is 10.2. The van der Waals surface area contributed by atoms with Crippen LogP contribution in [0.4, 0.5) is 19.0 Å². The molecule has 0 aliphatic carbocycles. The van der Waals surface area contributed by atoms with E-state index in [9.17, 15) is 13.2 Å². The van der Waals surface area contributed by atoms with Gasteiger partial charge >= 0.3 is 6.18 Å². The highest BCUT2D eigenvalue weighted by molar-refractivity contribution is 5.38. The van der Waals surface area contributed by atoms with Gasteiger partial charge in [0.2, 0.25) is 0 Å². The summed E-state index contributed by atoms with van der Waals surface area (Å²) in [5.74, 6) is 0.407. The molecule has 1 fully saturated rings. The zero-order valence-electron chi connectivity index (χ0n) is 9.52. The average molecular weight is 262 g/mol. The van der Waals surface area contributed by atoms with E-state index >= 15 is 0 Å². The van der Waals surface area contributed by atoms with Crippen LogP contribution in [0.3, 0.4) is 0 Å². The summed E-state index contributed by atoms with van der Waals surface area (Å²) in [6.45, 7) is 1.92. The van der Waals surface area contributed by atoms with E-state index in [0.29, 0.717) is 32.1 Å². The highest BCUT2D eigenvalue weighted by atomic mass is 19.4. The van der Waals surface area contributed by atoms with Gasteiger partial charge in [-0.1, -0.05) is 0 Å². The summed E-state index contributed by atoms with van der Waals surface area (Å²) >= 11 is 0. The summed E-state index contributed by atoms with van der Waals surface area (Å²) in [6.07, 6.45) is -4.58. The minimum Gasteiger partial charge on any atom is -0.373 e. The SMILES string of the molecule is NCC1CN(c2ccc(C(F)(F)F)nn2)CCO1. The van der Waals surface area contributed by atoms with Crippen molar-refractivity contribution < 1.29 is 17.9 Å². The molecule has 0 amide bonds. The van der Waals surface area contributed by atoms with Crippen LogP contribution >= 0.6 is 0 Å². The van der Waals surface area contributed by atoms with E-state index in [1.165, 1.54) is 6.07 Å². The predicted octanol–water partition coefficient (Wildman–Crippen LogP) is 0.659. The minimum atomic E-state index is -4.46. The van der Waals surface area contributed by atoms with Gasteiger partial charge < -0.3 is 15.4 Å². The van der Waals surface area contributed by atoms with Crippen molar-refractivity contribution in [1.29, 1.82) is 0 Å². The predicted molar refractivity (Wildman–Crippen MR) is 58.0 cm³/mol. The Labute approximate surface area is 102 Å². The van der Waals surface area contributed by atoms with Gasteiger partial charge in [0.05, 0.1) is 12.7 Å². The molecule has 8 heteroatoms. The highest BCUT2D eigenvalue weighted by Crippen LogP contribution is 2.27. The summed E-state index contributed by atoms with van der Waals surface area (Å²) in [5.41, 5.74) is 4.50. The van der Waals surface area contributed by atoms with Gasteiger partial charge in [-0.05, 0) is 12.1 Å². The number of ether oxygens (including phenoxy) is 1. The molecule has 1 saturated heterocycles. The summed E-state index contributed by atoms with van der Waals surface area (Å²) in [6, 6.07) is 2.24. The molecule has 18 heavy (non-hydrogen) atoms. The number of hydrogen-bond acceptors (Lipinski definition) is 5. The molecule has 0 radical (unpaired) electrons. The molecular weight excluding hydrogens is 249 g/mol. The molecule has 100 valence electrons. The quantitative estimate of drug-likeness (QED) is 0.848. The molecule has 2 N–H and O–H groups in total. The summed E-state index contributed by atoms with van der Waals surface area (Å²) in [7, 11) is 0. The third-order valence-electron chi connectivity index (χ3n) is 2.67. The fourth-order valence-corrected chi connectivity index (χ4v) is 1.72. The molecule has 2 heterocycles. The second kappa shape index (κ2) is 5.07. The van der Waals surface area contributed by atoms with E-state index < -0.39 is 11.9 Å². The van der Waals surface area contributed by atoms with Crippen LogP contribution in [-0.2, 0) is 10.9 Å². The summed E-state index contributed by atoms with van der Waals surface area (Å²) in [4.78, 5) is 1.81. The van der Waals surface area contributed by atoms with E-state index in [0.717, 1.165) is 6.07 Å². The average Bonchev–Trinajstić information content (AvgIpc) is 2.38. The molecule has 2 rings (SSSR count). The second-order valence-electron chi connectivity index (χ2n) is 3.95. The molecule has 0 aromatic carbocycles. The molecule has 1 unspecified atom stereocenters. The number of nitrogens with zero attached hydrogens (tertiary/aromatic N) is 3. The van der Waals surface area contributed by atoms with Crippen molar-refractivity contribution in [2.24, 2.45) is 5.73 Å². The fraction of sp³-hybridized carbons (Fsp3) is 0.600. The Morgan fingerprint density at radius 3 is 2.72 bits per heavy atom. The van der Waals surface area contributed by atoms with Gasteiger partial charge in [0, 0.05) is 19.6 Å².